The molecule has 0 aromatic rings. The van der Waals surface area contributed by atoms with Crippen LogP contribution in [-0.4, -0.2) is 102 Å². The Morgan fingerprint density at radius 1 is 0.690 bits per heavy atom. The summed E-state index contributed by atoms with van der Waals surface area (Å²) >= 11 is 0. The lowest BCUT2D eigenvalue weighted by atomic mass is 10.3. The highest BCUT2D eigenvalue weighted by molar-refractivity contribution is 4.68. The molecular weight excluding hydrogens is 380 g/mol. The second-order valence-corrected chi connectivity index (χ2v) is 7.64. The van der Waals surface area contributed by atoms with Crippen molar-refractivity contribution in [1.82, 2.24) is 0 Å². The molecule has 3 rings (SSSR count). The molecule has 3 fully saturated rings. The maximum absolute atomic E-state index is 9.20. The van der Waals surface area contributed by atoms with Gasteiger partial charge in [-0.1, -0.05) is 6.92 Å². The van der Waals surface area contributed by atoms with Gasteiger partial charge in [-0.2, -0.15) is 0 Å². The van der Waals surface area contributed by atoms with Crippen LogP contribution in [0.25, 0.3) is 0 Å². The van der Waals surface area contributed by atoms with Gasteiger partial charge in [0.05, 0.1) is 52.4 Å². The molecule has 0 aromatic carbocycles. The van der Waals surface area contributed by atoms with Crippen LogP contribution in [0.5, 0.6) is 0 Å². The van der Waals surface area contributed by atoms with Gasteiger partial charge in [0.2, 0.25) is 0 Å². The molecule has 0 saturated carbocycles. The first kappa shape index (κ1) is 24.9. The molecule has 0 bridgehead atoms. The first-order chi connectivity index (χ1) is 14.3. The van der Waals surface area contributed by atoms with E-state index in [0.29, 0.717) is 31.5 Å². The van der Waals surface area contributed by atoms with Crippen LogP contribution >= 0.6 is 0 Å². The van der Waals surface area contributed by atoms with E-state index < -0.39 is 0 Å². The van der Waals surface area contributed by atoms with E-state index in [0.717, 1.165) is 91.6 Å². The Morgan fingerprint density at radius 2 is 1.03 bits per heavy atom. The van der Waals surface area contributed by atoms with Gasteiger partial charge in [0.25, 0.3) is 0 Å². The molecule has 8 heteroatoms. The molecule has 0 aliphatic carbocycles. The molecule has 1 N–H and O–H groups in total. The molecular formula is C21H40O8. The Bertz CT molecular complexity index is 354. The molecule has 0 aromatic heterocycles. The monoisotopic (exact) mass is 420 g/mol. The van der Waals surface area contributed by atoms with Crippen molar-refractivity contribution >= 4 is 0 Å². The lowest BCUT2D eigenvalue weighted by molar-refractivity contribution is 0.0302. The van der Waals surface area contributed by atoms with E-state index in [1.54, 1.807) is 0 Å². The average molecular weight is 421 g/mol. The maximum Gasteiger partial charge on any atom is 0.104 e. The van der Waals surface area contributed by atoms with Crippen molar-refractivity contribution in [3.8, 4) is 0 Å². The summed E-state index contributed by atoms with van der Waals surface area (Å²) in [5.74, 6) is 0. The third kappa shape index (κ3) is 17.1. The van der Waals surface area contributed by atoms with E-state index in [1.807, 2.05) is 6.92 Å². The smallest absolute Gasteiger partial charge is 0.104 e. The molecule has 3 aliphatic heterocycles. The fraction of sp³-hybridized carbons (Fsp3) is 1.00. The molecule has 4 atom stereocenters. The summed E-state index contributed by atoms with van der Waals surface area (Å²) in [7, 11) is 0. The summed E-state index contributed by atoms with van der Waals surface area (Å²) in [6.45, 7) is 10.4. The summed E-state index contributed by atoms with van der Waals surface area (Å²) in [6.07, 6.45) is 5.71. The Kier molecular flexibility index (Phi) is 14.1. The van der Waals surface area contributed by atoms with Gasteiger partial charge in [0.15, 0.2) is 0 Å². The standard InChI is InChI=1S/C11H22O4.C10H18O4/c1-2-10(12)7-13-5-3-4-6-14-8-11-9-15-11;1(3-11-5-9-7-13-9)2-4-12-6-10-8-14-10/h10-12H,2-9H2,1H3;9-10H,1-8H2. The SMILES string of the molecule is C(CCOCC1CO1)COCC1CO1.CCC(O)COCCCCOCC1CO1. The molecule has 8 nitrogen and oxygen atoms in total. The Labute approximate surface area is 175 Å². The Hall–Kier alpha value is -0.320. The van der Waals surface area contributed by atoms with E-state index in [2.05, 4.69) is 0 Å². The van der Waals surface area contributed by atoms with Gasteiger partial charge in [-0.15, -0.1) is 0 Å². The summed E-state index contributed by atoms with van der Waals surface area (Å²) in [4.78, 5) is 0. The molecule has 4 unspecified atom stereocenters. The molecule has 3 saturated heterocycles. The van der Waals surface area contributed by atoms with E-state index in [1.165, 1.54) is 0 Å². The first-order valence-electron chi connectivity index (χ1n) is 11.1. The predicted octanol–water partition coefficient (Wildman–Crippen LogP) is 1.57. The van der Waals surface area contributed by atoms with E-state index >= 15 is 0 Å². The van der Waals surface area contributed by atoms with E-state index in [-0.39, 0.29) is 6.10 Å². The molecule has 0 amide bonds. The zero-order valence-electron chi connectivity index (χ0n) is 17.9. The van der Waals surface area contributed by atoms with Crippen molar-refractivity contribution in [2.75, 3.05) is 72.7 Å². The van der Waals surface area contributed by atoms with Crippen molar-refractivity contribution in [3.05, 3.63) is 0 Å². The van der Waals surface area contributed by atoms with Crippen LogP contribution in [0.2, 0.25) is 0 Å². The van der Waals surface area contributed by atoms with Crippen LogP contribution in [-0.2, 0) is 33.2 Å². The van der Waals surface area contributed by atoms with Gasteiger partial charge in [-0.3, -0.25) is 0 Å². The number of hydrogen-bond acceptors (Lipinski definition) is 8. The number of unbranched alkanes of at least 4 members (excludes halogenated alkanes) is 2. The number of epoxide rings is 3. The van der Waals surface area contributed by atoms with Crippen LogP contribution in [0, 0.1) is 0 Å². The summed E-state index contributed by atoms with van der Waals surface area (Å²) in [5.41, 5.74) is 0. The summed E-state index contributed by atoms with van der Waals surface area (Å²) in [5, 5.41) is 9.20. The van der Waals surface area contributed by atoms with Gasteiger partial charge in [-0.25, -0.2) is 0 Å². The number of aliphatic hydroxyl groups is 1. The van der Waals surface area contributed by atoms with Gasteiger partial charge in [0, 0.05) is 26.4 Å². The third-order valence-electron chi connectivity index (χ3n) is 4.55. The molecule has 0 spiro atoms. The predicted molar refractivity (Wildman–Crippen MR) is 107 cm³/mol. The number of aliphatic hydroxyl groups excluding tert-OH is 1. The van der Waals surface area contributed by atoms with Crippen LogP contribution in [0.3, 0.4) is 0 Å². The van der Waals surface area contributed by atoms with E-state index in [4.69, 9.17) is 33.2 Å². The Morgan fingerprint density at radius 3 is 1.34 bits per heavy atom. The summed E-state index contributed by atoms with van der Waals surface area (Å²) in [6, 6.07) is 0. The molecule has 0 radical (unpaired) electrons. The van der Waals surface area contributed by atoms with Gasteiger partial charge in [-0.05, 0) is 32.1 Å². The van der Waals surface area contributed by atoms with Crippen LogP contribution in [0.15, 0.2) is 0 Å². The molecule has 172 valence electrons. The fourth-order valence-electron chi connectivity index (χ4n) is 2.29. The number of ether oxygens (including phenoxy) is 7. The van der Waals surface area contributed by atoms with Crippen LogP contribution < -0.4 is 0 Å². The lowest BCUT2D eigenvalue weighted by Crippen LogP contribution is -2.14. The fourth-order valence-corrected chi connectivity index (χ4v) is 2.29. The summed E-state index contributed by atoms with van der Waals surface area (Å²) < 4.78 is 36.5. The third-order valence-corrected chi connectivity index (χ3v) is 4.55. The minimum absolute atomic E-state index is 0.312. The number of rotatable bonds is 19. The average Bonchev–Trinajstić information content (AvgIpc) is 3.55. The molecule has 29 heavy (non-hydrogen) atoms. The minimum atomic E-state index is -0.312. The highest BCUT2D eigenvalue weighted by atomic mass is 16.6. The van der Waals surface area contributed by atoms with E-state index in [9.17, 15) is 5.11 Å². The highest BCUT2D eigenvalue weighted by Gasteiger charge is 2.23. The zero-order valence-corrected chi connectivity index (χ0v) is 17.9. The zero-order chi connectivity index (χ0) is 20.6. The molecule has 3 heterocycles. The normalized spacial score (nSPS) is 25.2. The van der Waals surface area contributed by atoms with Crippen molar-refractivity contribution < 1.29 is 38.3 Å². The van der Waals surface area contributed by atoms with Gasteiger partial charge < -0.3 is 38.3 Å². The second kappa shape index (κ2) is 16.4. The first-order valence-corrected chi connectivity index (χ1v) is 11.1. The topological polar surface area (TPSA) is 94.7 Å². The lowest BCUT2D eigenvalue weighted by Gasteiger charge is -2.08. The maximum atomic E-state index is 9.20. The van der Waals surface area contributed by atoms with Gasteiger partial charge >= 0.3 is 0 Å². The van der Waals surface area contributed by atoms with Crippen molar-refractivity contribution in [1.29, 1.82) is 0 Å². The highest BCUT2D eigenvalue weighted by Crippen LogP contribution is 2.10. The number of hydrogen-bond donors (Lipinski definition) is 1. The van der Waals surface area contributed by atoms with Crippen molar-refractivity contribution in [2.24, 2.45) is 0 Å². The van der Waals surface area contributed by atoms with Crippen molar-refractivity contribution in [2.45, 2.75) is 63.4 Å². The second-order valence-electron chi connectivity index (χ2n) is 7.64. The van der Waals surface area contributed by atoms with Crippen LogP contribution in [0.4, 0.5) is 0 Å². The quantitative estimate of drug-likeness (QED) is 0.249. The van der Waals surface area contributed by atoms with Crippen molar-refractivity contribution in [3.63, 3.8) is 0 Å². The Balaban J connectivity index is 0.000000207. The van der Waals surface area contributed by atoms with Crippen LogP contribution in [0.1, 0.15) is 39.0 Å². The minimum Gasteiger partial charge on any atom is -0.391 e. The van der Waals surface area contributed by atoms with Gasteiger partial charge in [0.1, 0.15) is 18.3 Å². The largest absolute Gasteiger partial charge is 0.391 e. The molecule has 3 aliphatic rings.